The minimum absolute atomic E-state index is 0.0118. The number of nitrogens with one attached hydrogen (secondary N) is 1. The maximum Gasteiger partial charge on any atom is 0.262 e. The summed E-state index contributed by atoms with van der Waals surface area (Å²) in [4.78, 5) is 7.91. The van der Waals surface area contributed by atoms with Crippen LogP contribution in [-0.2, 0) is 0 Å². The van der Waals surface area contributed by atoms with Crippen molar-refractivity contribution < 1.29 is 14.7 Å². The number of hydrogen-bond acceptors (Lipinski definition) is 7. The van der Waals surface area contributed by atoms with Gasteiger partial charge in [0.2, 0.25) is 5.82 Å². The van der Waals surface area contributed by atoms with Gasteiger partial charge in [-0.15, -0.1) is 0 Å². The summed E-state index contributed by atoms with van der Waals surface area (Å²) in [5.41, 5.74) is 0.244. The van der Waals surface area contributed by atoms with Crippen molar-refractivity contribution >= 4 is 0 Å². The topological polar surface area (TPSA) is 121 Å². The predicted octanol–water partition coefficient (Wildman–Crippen LogP) is 0.933. The van der Waals surface area contributed by atoms with Crippen LogP contribution in [0, 0.1) is 0 Å². The van der Waals surface area contributed by atoms with Crippen LogP contribution < -0.4 is 0 Å². The van der Waals surface area contributed by atoms with E-state index >= 15 is 0 Å². The van der Waals surface area contributed by atoms with E-state index in [9.17, 15) is 10.2 Å². The van der Waals surface area contributed by atoms with E-state index in [-0.39, 0.29) is 28.8 Å². The number of nitrogens with zero attached hydrogens (tertiary/aromatic N) is 4. The average Bonchev–Trinajstić information content (AvgIpc) is 3.00. The maximum absolute atomic E-state index is 9.65. The van der Waals surface area contributed by atoms with Gasteiger partial charge in [0, 0.05) is 0 Å². The molecule has 0 radical (unpaired) electrons. The van der Waals surface area contributed by atoms with Gasteiger partial charge in [0.25, 0.3) is 5.89 Å². The van der Waals surface area contributed by atoms with E-state index in [2.05, 4.69) is 25.3 Å². The van der Waals surface area contributed by atoms with Crippen LogP contribution in [0.2, 0.25) is 0 Å². The zero-order valence-electron chi connectivity index (χ0n) is 8.90. The van der Waals surface area contributed by atoms with E-state index in [1.54, 1.807) is 0 Å². The smallest absolute Gasteiger partial charge is 0.262 e. The molecule has 3 aromatic rings. The summed E-state index contributed by atoms with van der Waals surface area (Å²) < 4.78 is 4.99. The van der Waals surface area contributed by atoms with Crippen molar-refractivity contribution in [2.75, 3.05) is 0 Å². The minimum Gasteiger partial charge on any atom is -0.508 e. The summed E-state index contributed by atoms with van der Waals surface area (Å²) in [5.74, 6) is 0.562. The summed E-state index contributed by atoms with van der Waals surface area (Å²) in [5, 5.41) is 29.0. The van der Waals surface area contributed by atoms with Gasteiger partial charge in [0.15, 0.2) is 5.82 Å². The fourth-order valence-electron chi connectivity index (χ4n) is 1.44. The normalized spacial score (nSPS) is 10.7. The number of H-pyrrole nitrogens is 1. The number of aromatic nitrogens is 5. The Labute approximate surface area is 99.9 Å². The molecule has 1 aromatic carbocycles. The number of aromatic amines is 1. The molecule has 0 saturated carbocycles. The first-order chi connectivity index (χ1) is 8.74. The van der Waals surface area contributed by atoms with Crippen LogP contribution in [0.5, 0.6) is 11.5 Å². The Morgan fingerprint density at radius 2 is 2.11 bits per heavy atom. The molecule has 8 nitrogen and oxygen atoms in total. The van der Waals surface area contributed by atoms with Gasteiger partial charge >= 0.3 is 0 Å². The van der Waals surface area contributed by atoms with E-state index in [4.69, 9.17) is 4.52 Å². The van der Waals surface area contributed by atoms with Crippen LogP contribution >= 0.6 is 0 Å². The molecule has 0 spiro atoms. The van der Waals surface area contributed by atoms with Crippen molar-refractivity contribution in [1.82, 2.24) is 25.3 Å². The molecular formula is C10H7N5O3. The SMILES string of the molecule is Oc1ccc(O)c(-c2nc(-c3ncn[nH]3)no2)c1. The second kappa shape index (κ2) is 3.84. The third-order valence-electron chi connectivity index (χ3n) is 2.26. The first kappa shape index (κ1) is 10.3. The van der Waals surface area contributed by atoms with Crippen LogP contribution in [0.3, 0.4) is 0 Å². The lowest BCUT2D eigenvalue weighted by molar-refractivity contribution is 0.423. The van der Waals surface area contributed by atoms with Crippen molar-refractivity contribution in [1.29, 1.82) is 0 Å². The molecule has 0 aliphatic rings. The molecule has 0 fully saturated rings. The third-order valence-corrected chi connectivity index (χ3v) is 2.26. The first-order valence-electron chi connectivity index (χ1n) is 4.96. The molecule has 90 valence electrons. The fraction of sp³-hybridized carbons (Fsp3) is 0. The lowest BCUT2D eigenvalue weighted by atomic mass is 10.2. The van der Waals surface area contributed by atoms with E-state index in [0.29, 0.717) is 5.82 Å². The number of hydrogen-bond donors (Lipinski definition) is 3. The number of phenols is 2. The molecule has 0 aliphatic carbocycles. The van der Waals surface area contributed by atoms with Crippen LogP contribution in [0.1, 0.15) is 0 Å². The van der Waals surface area contributed by atoms with Crippen molar-refractivity contribution in [3.8, 4) is 34.6 Å². The van der Waals surface area contributed by atoms with E-state index in [1.807, 2.05) is 0 Å². The number of rotatable bonds is 2. The Kier molecular flexibility index (Phi) is 2.19. The maximum atomic E-state index is 9.65. The van der Waals surface area contributed by atoms with Gasteiger partial charge in [-0.1, -0.05) is 5.16 Å². The average molecular weight is 245 g/mol. The van der Waals surface area contributed by atoms with E-state index in [1.165, 1.54) is 24.5 Å². The van der Waals surface area contributed by atoms with E-state index in [0.717, 1.165) is 0 Å². The van der Waals surface area contributed by atoms with Gasteiger partial charge in [0.1, 0.15) is 17.8 Å². The molecule has 2 heterocycles. The van der Waals surface area contributed by atoms with Gasteiger partial charge in [-0.05, 0) is 18.2 Å². The van der Waals surface area contributed by atoms with Crippen molar-refractivity contribution in [2.45, 2.75) is 0 Å². The van der Waals surface area contributed by atoms with Crippen LogP contribution in [0.4, 0.5) is 0 Å². The van der Waals surface area contributed by atoms with Gasteiger partial charge in [-0.3, -0.25) is 5.10 Å². The molecule has 0 bridgehead atoms. The fourth-order valence-corrected chi connectivity index (χ4v) is 1.44. The zero-order valence-corrected chi connectivity index (χ0v) is 8.90. The highest BCUT2D eigenvalue weighted by Crippen LogP contribution is 2.31. The summed E-state index contributed by atoms with van der Waals surface area (Å²) >= 11 is 0. The van der Waals surface area contributed by atoms with Gasteiger partial charge in [-0.25, -0.2) is 4.98 Å². The Morgan fingerprint density at radius 3 is 2.89 bits per heavy atom. The van der Waals surface area contributed by atoms with Gasteiger partial charge in [-0.2, -0.15) is 10.1 Å². The summed E-state index contributed by atoms with van der Waals surface area (Å²) in [7, 11) is 0. The lowest BCUT2D eigenvalue weighted by Gasteiger charge is -1.99. The monoisotopic (exact) mass is 245 g/mol. The molecular weight excluding hydrogens is 238 g/mol. The van der Waals surface area contributed by atoms with Crippen LogP contribution in [0.25, 0.3) is 23.1 Å². The number of aromatic hydroxyl groups is 2. The second-order valence-corrected chi connectivity index (χ2v) is 3.46. The minimum atomic E-state index is -0.0689. The van der Waals surface area contributed by atoms with Crippen molar-refractivity contribution in [3.63, 3.8) is 0 Å². The highest BCUT2D eigenvalue weighted by molar-refractivity contribution is 5.65. The largest absolute Gasteiger partial charge is 0.508 e. The highest BCUT2D eigenvalue weighted by atomic mass is 16.5. The Bertz CT molecular complexity index is 677. The van der Waals surface area contributed by atoms with Crippen molar-refractivity contribution in [3.05, 3.63) is 24.5 Å². The molecule has 0 unspecified atom stereocenters. The molecule has 0 saturated heterocycles. The predicted molar refractivity (Wildman–Crippen MR) is 58.4 cm³/mol. The quantitative estimate of drug-likeness (QED) is 0.574. The molecule has 0 atom stereocenters. The molecule has 18 heavy (non-hydrogen) atoms. The zero-order chi connectivity index (χ0) is 12.5. The van der Waals surface area contributed by atoms with Crippen LogP contribution in [0.15, 0.2) is 29.0 Å². The number of phenolic OH excluding ortho intramolecular Hbond substituents is 2. The Hall–Kier alpha value is -2.90. The molecule has 3 N–H and O–H groups in total. The van der Waals surface area contributed by atoms with Crippen LogP contribution in [-0.4, -0.2) is 35.5 Å². The van der Waals surface area contributed by atoms with Gasteiger partial charge in [0.05, 0.1) is 5.56 Å². The standard InChI is InChI=1S/C10H7N5O3/c16-5-1-2-7(17)6(3-5)10-13-9(15-18-10)8-11-4-12-14-8/h1-4,16-17H,(H,11,12,14). The summed E-state index contributed by atoms with van der Waals surface area (Å²) in [6, 6.07) is 4.02. The first-order valence-corrected chi connectivity index (χ1v) is 4.96. The summed E-state index contributed by atoms with van der Waals surface area (Å²) in [6.45, 7) is 0. The Morgan fingerprint density at radius 1 is 1.22 bits per heavy atom. The molecule has 2 aromatic heterocycles. The molecule has 0 aliphatic heterocycles. The van der Waals surface area contributed by atoms with Gasteiger partial charge < -0.3 is 14.7 Å². The molecule has 0 amide bonds. The third kappa shape index (κ3) is 1.65. The molecule has 8 heteroatoms. The van der Waals surface area contributed by atoms with E-state index < -0.39 is 0 Å². The Balaban J connectivity index is 2.05. The van der Waals surface area contributed by atoms with Crippen molar-refractivity contribution in [2.24, 2.45) is 0 Å². The molecule has 3 rings (SSSR count). The highest BCUT2D eigenvalue weighted by Gasteiger charge is 2.15. The number of benzene rings is 1. The second-order valence-electron chi connectivity index (χ2n) is 3.46. The lowest BCUT2D eigenvalue weighted by Crippen LogP contribution is -1.84. The summed E-state index contributed by atoms with van der Waals surface area (Å²) in [6.07, 6.45) is 1.32.